The summed E-state index contributed by atoms with van der Waals surface area (Å²) in [6.45, 7) is 26.0. The van der Waals surface area contributed by atoms with Crippen LogP contribution in [0, 0.1) is 12.8 Å². The zero-order valence-corrected chi connectivity index (χ0v) is 30.4. The van der Waals surface area contributed by atoms with Crippen LogP contribution in [0.4, 0.5) is 0 Å². The Bertz CT molecular complexity index is 1060. The third-order valence-electron chi connectivity index (χ3n) is 11.1. The van der Waals surface area contributed by atoms with Crippen LogP contribution in [0.25, 0.3) is 0 Å². The van der Waals surface area contributed by atoms with E-state index in [-0.39, 0.29) is 0 Å². The van der Waals surface area contributed by atoms with Crippen LogP contribution in [0.1, 0.15) is 122 Å². The van der Waals surface area contributed by atoms with E-state index >= 15 is 0 Å². The summed E-state index contributed by atoms with van der Waals surface area (Å²) in [4.78, 5) is 7.91. The van der Waals surface area contributed by atoms with Crippen molar-refractivity contribution in [2.75, 3.05) is 32.8 Å². The summed E-state index contributed by atoms with van der Waals surface area (Å²) >= 11 is 0. The van der Waals surface area contributed by atoms with Gasteiger partial charge in [-0.15, -0.1) is 0 Å². The van der Waals surface area contributed by atoms with Crippen LogP contribution in [0.15, 0.2) is 54.6 Å². The molecule has 2 aromatic carbocycles. The lowest BCUT2D eigenvalue weighted by molar-refractivity contribution is -0.0386. The molecule has 0 spiro atoms. The molecule has 4 aliphatic rings. The molecule has 2 bridgehead atoms. The Balaban J connectivity index is 0.000000157. The van der Waals surface area contributed by atoms with Gasteiger partial charge in [0.15, 0.2) is 0 Å². The van der Waals surface area contributed by atoms with Crippen molar-refractivity contribution in [1.82, 2.24) is 14.7 Å². The Morgan fingerprint density at radius 1 is 0.622 bits per heavy atom. The molecule has 0 aromatic heterocycles. The molecule has 0 saturated carbocycles. The van der Waals surface area contributed by atoms with Crippen molar-refractivity contribution in [3.63, 3.8) is 0 Å². The van der Waals surface area contributed by atoms with Gasteiger partial charge in [-0.25, -0.2) is 0 Å². The number of rotatable bonds is 6. The highest BCUT2D eigenvalue weighted by Gasteiger charge is 2.42. The fourth-order valence-corrected chi connectivity index (χ4v) is 8.49. The smallest absolute Gasteiger partial charge is 0.0625 e. The fraction of sp³-hybridized carbons (Fsp3) is 0.707. The van der Waals surface area contributed by atoms with Gasteiger partial charge in [0.2, 0.25) is 0 Å². The maximum atomic E-state index is 5.48. The van der Waals surface area contributed by atoms with E-state index in [1.165, 1.54) is 62.7 Å². The summed E-state index contributed by atoms with van der Waals surface area (Å²) in [6.07, 6.45) is 8.23. The average Bonchev–Trinajstić information content (AvgIpc) is 3.32. The Hall–Kier alpha value is -1.72. The second-order valence-electron chi connectivity index (χ2n) is 15.5. The molecule has 3 atom stereocenters. The van der Waals surface area contributed by atoms with Gasteiger partial charge in [0.05, 0.1) is 13.2 Å². The van der Waals surface area contributed by atoms with Crippen molar-refractivity contribution in [3.8, 4) is 0 Å². The lowest BCUT2D eigenvalue weighted by Crippen LogP contribution is -2.51. The van der Waals surface area contributed by atoms with Gasteiger partial charge in [-0.05, 0) is 129 Å². The van der Waals surface area contributed by atoms with Crippen molar-refractivity contribution >= 4 is 0 Å². The van der Waals surface area contributed by atoms with Gasteiger partial charge in [0, 0.05) is 42.8 Å². The minimum atomic E-state index is 0.624. The normalized spacial score (nSPS) is 26.6. The standard InChI is InChI=1S/C17H25N.C14H21N.C10H21NO/c1-12(2)18-16-8-9-17(18)11-15(10-16)14-6-4-13(3)5-7-14;1-12(2)15-10-8-14(9-11-15)13-6-4-3-5-7-13;1-8(2)10-7-12-6-5-11(10)9(3)4/h4-7,12,15-17H,8-11H2,1-3H3;3-7,12,14H,8-11H2,1-2H3;8-10H,5-7H2,1-4H3. The van der Waals surface area contributed by atoms with Crippen LogP contribution >= 0.6 is 0 Å². The van der Waals surface area contributed by atoms with Crippen LogP contribution in [-0.2, 0) is 4.74 Å². The third-order valence-corrected chi connectivity index (χ3v) is 11.1. The molecule has 0 aliphatic carbocycles. The molecule has 6 rings (SSSR count). The molecule has 3 unspecified atom stereocenters. The first-order valence-electron chi connectivity index (χ1n) is 18.5. The number of benzene rings is 2. The average molecular weight is 618 g/mol. The Kier molecular flexibility index (Phi) is 14.0. The predicted molar refractivity (Wildman–Crippen MR) is 193 cm³/mol. The number of piperidine rings is 2. The SMILES string of the molecule is CC(C)C1COCCN1C(C)C.CC(C)N1CCC(c2ccccc2)CC1.Cc1ccc(C2CC3CCC(C2)N3C(C)C)cc1. The molecule has 45 heavy (non-hydrogen) atoms. The summed E-state index contributed by atoms with van der Waals surface area (Å²) in [5.74, 6) is 2.30. The molecule has 4 heteroatoms. The number of nitrogens with zero attached hydrogens (tertiary/aromatic N) is 3. The Morgan fingerprint density at radius 3 is 1.69 bits per heavy atom. The lowest BCUT2D eigenvalue weighted by Gasteiger charge is -2.41. The van der Waals surface area contributed by atoms with Crippen molar-refractivity contribution < 1.29 is 4.74 Å². The van der Waals surface area contributed by atoms with Gasteiger partial charge < -0.3 is 9.64 Å². The molecule has 4 aliphatic heterocycles. The van der Waals surface area contributed by atoms with Crippen LogP contribution < -0.4 is 0 Å². The number of likely N-dealkylation sites (tertiary alicyclic amines) is 1. The summed E-state index contributed by atoms with van der Waals surface area (Å²) < 4.78 is 5.48. The molecule has 4 heterocycles. The van der Waals surface area contributed by atoms with E-state index in [1.54, 1.807) is 5.56 Å². The number of morpholine rings is 1. The summed E-state index contributed by atoms with van der Waals surface area (Å²) in [6, 6.07) is 24.6. The van der Waals surface area contributed by atoms with Gasteiger partial charge in [0.25, 0.3) is 0 Å². The highest BCUT2D eigenvalue weighted by atomic mass is 16.5. The van der Waals surface area contributed by atoms with Gasteiger partial charge >= 0.3 is 0 Å². The predicted octanol–water partition coefficient (Wildman–Crippen LogP) is 9.14. The van der Waals surface area contributed by atoms with Crippen molar-refractivity contribution in [2.45, 2.75) is 149 Å². The zero-order valence-electron chi connectivity index (χ0n) is 30.4. The van der Waals surface area contributed by atoms with E-state index in [4.69, 9.17) is 4.74 Å². The molecular weight excluding hydrogens is 550 g/mol. The molecule has 0 N–H and O–H groups in total. The second-order valence-corrected chi connectivity index (χ2v) is 15.5. The van der Waals surface area contributed by atoms with E-state index in [1.807, 2.05) is 0 Å². The Labute approximate surface area is 277 Å². The fourth-order valence-electron chi connectivity index (χ4n) is 8.49. The summed E-state index contributed by atoms with van der Waals surface area (Å²) in [7, 11) is 0. The first-order chi connectivity index (χ1) is 21.5. The van der Waals surface area contributed by atoms with Crippen molar-refractivity contribution in [1.29, 1.82) is 0 Å². The molecule has 252 valence electrons. The maximum absolute atomic E-state index is 5.48. The number of hydrogen-bond donors (Lipinski definition) is 0. The molecule has 0 radical (unpaired) electrons. The first kappa shape index (κ1) is 36.1. The Morgan fingerprint density at radius 2 is 1.20 bits per heavy atom. The van der Waals surface area contributed by atoms with Crippen LogP contribution in [0.5, 0.6) is 0 Å². The molecule has 2 aromatic rings. The second kappa shape index (κ2) is 17.4. The van der Waals surface area contributed by atoms with E-state index in [0.717, 1.165) is 49.7 Å². The molecule has 4 fully saturated rings. The van der Waals surface area contributed by atoms with Gasteiger partial charge in [-0.3, -0.25) is 9.80 Å². The minimum Gasteiger partial charge on any atom is -0.378 e. The number of hydrogen-bond acceptors (Lipinski definition) is 4. The highest BCUT2D eigenvalue weighted by molar-refractivity contribution is 5.26. The van der Waals surface area contributed by atoms with Crippen molar-refractivity contribution in [2.24, 2.45) is 5.92 Å². The monoisotopic (exact) mass is 618 g/mol. The number of aryl methyl sites for hydroxylation is 1. The lowest BCUT2D eigenvalue weighted by atomic mass is 9.84. The van der Waals surface area contributed by atoms with E-state index in [2.05, 4.69) is 132 Å². The highest BCUT2D eigenvalue weighted by Crippen LogP contribution is 2.44. The quantitative estimate of drug-likeness (QED) is 0.322. The maximum Gasteiger partial charge on any atom is 0.0625 e. The van der Waals surface area contributed by atoms with E-state index < -0.39 is 0 Å². The number of fused-ring (bicyclic) bond motifs is 2. The summed E-state index contributed by atoms with van der Waals surface area (Å²) in [5.41, 5.74) is 4.48. The van der Waals surface area contributed by atoms with Gasteiger partial charge in [-0.2, -0.15) is 0 Å². The van der Waals surface area contributed by atoms with Crippen LogP contribution in [0.2, 0.25) is 0 Å². The van der Waals surface area contributed by atoms with E-state index in [9.17, 15) is 0 Å². The van der Waals surface area contributed by atoms with Gasteiger partial charge in [-0.1, -0.05) is 74.0 Å². The van der Waals surface area contributed by atoms with Crippen molar-refractivity contribution in [3.05, 3.63) is 71.3 Å². The largest absolute Gasteiger partial charge is 0.378 e. The zero-order chi connectivity index (χ0) is 32.5. The van der Waals surface area contributed by atoms with Crippen LogP contribution in [0.3, 0.4) is 0 Å². The van der Waals surface area contributed by atoms with Gasteiger partial charge in [0.1, 0.15) is 0 Å². The molecule has 4 saturated heterocycles. The van der Waals surface area contributed by atoms with Crippen LogP contribution in [-0.4, -0.2) is 83.8 Å². The van der Waals surface area contributed by atoms with E-state index in [0.29, 0.717) is 24.0 Å². The molecule has 4 nitrogen and oxygen atoms in total. The first-order valence-corrected chi connectivity index (χ1v) is 18.5. The minimum absolute atomic E-state index is 0.624. The third kappa shape index (κ3) is 10.1. The summed E-state index contributed by atoms with van der Waals surface area (Å²) in [5, 5.41) is 0. The topological polar surface area (TPSA) is 19.0 Å². The molecule has 0 amide bonds. The molecular formula is C41H67N3O. The number of ether oxygens (including phenoxy) is 1.